The molecule has 150 valence electrons. The van der Waals surface area contributed by atoms with Crippen molar-refractivity contribution in [2.75, 3.05) is 18.4 Å². The van der Waals surface area contributed by atoms with Crippen LogP contribution in [0.4, 0.5) is 5.69 Å². The maximum absolute atomic E-state index is 5.55. The number of benzene rings is 1. The first-order valence-corrected chi connectivity index (χ1v) is 9.97. The number of H-pyrrole nitrogens is 2. The van der Waals surface area contributed by atoms with Gasteiger partial charge in [-0.3, -0.25) is 0 Å². The zero-order chi connectivity index (χ0) is 20.9. The molecule has 4 rings (SSSR count). The topological polar surface area (TPSA) is 72.6 Å². The van der Waals surface area contributed by atoms with Crippen molar-refractivity contribution in [3.05, 3.63) is 80.2 Å². The lowest BCUT2D eigenvalue weighted by Crippen LogP contribution is -2.34. The van der Waals surface area contributed by atoms with Crippen LogP contribution < -0.4 is 5.32 Å². The van der Waals surface area contributed by atoms with E-state index in [9.17, 15) is 0 Å². The molecule has 0 aliphatic heterocycles. The van der Waals surface area contributed by atoms with Gasteiger partial charge in [0.2, 0.25) is 0 Å². The quantitative estimate of drug-likeness (QED) is 0.293. The highest BCUT2D eigenvalue weighted by Gasteiger charge is 2.15. The van der Waals surface area contributed by atoms with Gasteiger partial charge in [-0.05, 0) is 54.7 Å². The smallest absolute Gasteiger partial charge is 0.173 e. The van der Waals surface area contributed by atoms with Gasteiger partial charge in [0, 0.05) is 31.2 Å². The summed E-state index contributed by atoms with van der Waals surface area (Å²) in [6.07, 6.45) is 7.39. The van der Waals surface area contributed by atoms with Crippen LogP contribution in [0.2, 0.25) is 0 Å². The largest absolute Gasteiger partial charge is 0.360 e. The fourth-order valence-electron chi connectivity index (χ4n) is 3.22. The van der Waals surface area contributed by atoms with Gasteiger partial charge >= 0.3 is 0 Å². The third-order valence-corrected chi connectivity index (χ3v) is 4.97. The third kappa shape index (κ3) is 4.01. The average molecular weight is 415 g/mol. The van der Waals surface area contributed by atoms with Crippen molar-refractivity contribution in [2.45, 2.75) is 0 Å². The first-order valence-electron chi connectivity index (χ1n) is 9.56. The zero-order valence-corrected chi connectivity index (χ0v) is 17.2. The van der Waals surface area contributed by atoms with Crippen LogP contribution in [0.25, 0.3) is 33.8 Å². The van der Waals surface area contributed by atoms with Crippen molar-refractivity contribution in [2.24, 2.45) is 0 Å². The number of anilines is 1. The van der Waals surface area contributed by atoms with E-state index in [1.807, 2.05) is 71.9 Å². The van der Waals surface area contributed by atoms with Crippen molar-refractivity contribution < 1.29 is 0 Å². The minimum Gasteiger partial charge on any atom is -0.360 e. The molecule has 0 amide bonds. The molecule has 0 aliphatic carbocycles. The SMILES string of the molecule is C=CCN(CC=C)C(=S)Nc1ccc2nc(-c3ccc[nH]3)c(-c3ccc[nH]3)nc2c1. The highest BCUT2D eigenvalue weighted by atomic mass is 32.1. The van der Waals surface area contributed by atoms with Crippen molar-refractivity contribution >= 4 is 34.1 Å². The standard InChI is InChI=1S/C23H22N6S/c1-3-13-29(14-4-2)23(30)26-16-9-10-17-20(15-16)28-22(19-8-6-12-25-19)21(27-17)18-7-5-11-24-18/h3-12,15,24-25H,1-2,13-14H2,(H,26,30). The van der Waals surface area contributed by atoms with E-state index in [1.54, 1.807) is 0 Å². The molecule has 0 unspecified atom stereocenters. The lowest BCUT2D eigenvalue weighted by molar-refractivity contribution is 0.522. The van der Waals surface area contributed by atoms with Crippen molar-refractivity contribution in [1.82, 2.24) is 24.8 Å². The fourth-order valence-corrected chi connectivity index (χ4v) is 3.48. The van der Waals surface area contributed by atoms with Gasteiger partial charge in [0.05, 0.1) is 22.4 Å². The number of thiocarbonyl (C=S) groups is 1. The molecule has 0 spiro atoms. The summed E-state index contributed by atoms with van der Waals surface area (Å²) in [5.41, 5.74) is 5.85. The summed E-state index contributed by atoms with van der Waals surface area (Å²) >= 11 is 5.55. The predicted octanol–water partition coefficient (Wildman–Crippen LogP) is 4.99. The molecule has 0 bridgehead atoms. The van der Waals surface area contributed by atoms with Crippen LogP contribution in [0.1, 0.15) is 0 Å². The summed E-state index contributed by atoms with van der Waals surface area (Å²) in [6.45, 7) is 8.86. The molecule has 3 aromatic heterocycles. The Morgan fingerprint density at radius 2 is 1.53 bits per heavy atom. The van der Waals surface area contributed by atoms with Gasteiger partial charge in [0.25, 0.3) is 0 Å². The molecule has 0 fully saturated rings. The number of nitrogens with zero attached hydrogens (tertiary/aromatic N) is 3. The first-order chi connectivity index (χ1) is 14.7. The van der Waals surface area contributed by atoms with E-state index in [0.29, 0.717) is 18.2 Å². The second-order valence-electron chi connectivity index (χ2n) is 6.70. The van der Waals surface area contributed by atoms with Gasteiger partial charge in [0.15, 0.2) is 5.11 Å². The highest BCUT2D eigenvalue weighted by Crippen LogP contribution is 2.30. The average Bonchev–Trinajstić information content (AvgIpc) is 3.47. The molecule has 0 radical (unpaired) electrons. The second kappa shape index (κ2) is 8.75. The Hall–Kier alpha value is -3.71. The third-order valence-electron chi connectivity index (χ3n) is 4.61. The van der Waals surface area contributed by atoms with Gasteiger partial charge in [0.1, 0.15) is 11.4 Å². The minimum atomic E-state index is 0.606. The van der Waals surface area contributed by atoms with Gasteiger partial charge in [-0.1, -0.05) is 12.2 Å². The second-order valence-corrected chi connectivity index (χ2v) is 7.09. The Bertz CT molecular complexity index is 1170. The van der Waals surface area contributed by atoms with Crippen molar-refractivity contribution in [3.63, 3.8) is 0 Å². The van der Waals surface area contributed by atoms with Gasteiger partial charge in [-0.25, -0.2) is 9.97 Å². The van der Waals surface area contributed by atoms with E-state index in [1.165, 1.54) is 0 Å². The Labute approximate surface area is 180 Å². The van der Waals surface area contributed by atoms with E-state index in [2.05, 4.69) is 28.4 Å². The Kier molecular flexibility index (Phi) is 5.72. The summed E-state index contributed by atoms with van der Waals surface area (Å²) in [5, 5.41) is 3.89. The lowest BCUT2D eigenvalue weighted by atomic mass is 10.1. The van der Waals surface area contributed by atoms with Crippen LogP contribution >= 0.6 is 12.2 Å². The zero-order valence-electron chi connectivity index (χ0n) is 16.4. The fraction of sp³-hybridized carbons (Fsp3) is 0.0870. The number of aromatic nitrogens is 4. The molecule has 3 heterocycles. The van der Waals surface area contributed by atoms with Gasteiger partial charge < -0.3 is 20.2 Å². The molecular weight excluding hydrogens is 392 g/mol. The Morgan fingerprint density at radius 1 is 0.933 bits per heavy atom. The number of aromatic amines is 2. The van der Waals surface area contributed by atoms with Crippen LogP contribution in [0.15, 0.2) is 80.2 Å². The summed E-state index contributed by atoms with van der Waals surface area (Å²) < 4.78 is 0. The first kappa shape index (κ1) is 19.6. The summed E-state index contributed by atoms with van der Waals surface area (Å²) in [6, 6.07) is 13.7. The highest BCUT2D eigenvalue weighted by molar-refractivity contribution is 7.80. The molecule has 4 aromatic rings. The predicted molar refractivity (Wildman–Crippen MR) is 127 cm³/mol. The van der Waals surface area contributed by atoms with Crippen molar-refractivity contribution in [1.29, 1.82) is 0 Å². The van der Waals surface area contributed by atoms with Crippen LogP contribution in [0, 0.1) is 0 Å². The summed E-state index contributed by atoms with van der Waals surface area (Å²) in [5.74, 6) is 0. The molecule has 0 saturated carbocycles. The molecule has 0 aliphatic rings. The van der Waals surface area contributed by atoms with E-state index in [-0.39, 0.29) is 0 Å². The van der Waals surface area contributed by atoms with Crippen molar-refractivity contribution in [3.8, 4) is 22.8 Å². The van der Waals surface area contributed by atoms with Crippen LogP contribution in [-0.4, -0.2) is 43.0 Å². The molecular formula is C23H22N6S. The van der Waals surface area contributed by atoms with E-state index < -0.39 is 0 Å². The molecule has 0 atom stereocenters. The number of fused-ring (bicyclic) bond motifs is 1. The summed E-state index contributed by atoms with van der Waals surface area (Å²) in [7, 11) is 0. The molecule has 0 saturated heterocycles. The molecule has 7 heteroatoms. The maximum atomic E-state index is 5.55. The van der Waals surface area contributed by atoms with Crippen LogP contribution in [0.5, 0.6) is 0 Å². The molecule has 30 heavy (non-hydrogen) atoms. The molecule has 3 N–H and O–H groups in total. The minimum absolute atomic E-state index is 0.606. The lowest BCUT2D eigenvalue weighted by Gasteiger charge is -2.23. The number of hydrogen-bond donors (Lipinski definition) is 3. The number of rotatable bonds is 7. The monoisotopic (exact) mass is 414 g/mol. The van der Waals surface area contributed by atoms with Gasteiger partial charge in [-0.15, -0.1) is 13.2 Å². The van der Waals surface area contributed by atoms with Gasteiger partial charge in [-0.2, -0.15) is 0 Å². The number of nitrogens with one attached hydrogen (secondary N) is 3. The van der Waals surface area contributed by atoms with E-state index in [0.717, 1.165) is 39.5 Å². The maximum Gasteiger partial charge on any atom is 0.173 e. The Balaban J connectivity index is 1.72. The van der Waals surface area contributed by atoms with E-state index in [4.69, 9.17) is 22.2 Å². The normalized spacial score (nSPS) is 10.7. The van der Waals surface area contributed by atoms with Crippen LogP contribution in [0.3, 0.4) is 0 Å². The number of hydrogen-bond acceptors (Lipinski definition) is 3. The summed E-state index contributed by atoms with van der Waals surface area (Å²) in [4.78, 5) is 18.2. The molecule has 1 aromatic carbocycles. The molecule has 6 nitrogen and oxygen atoms in total. The Morgan fingerprint density at radius 3 is 2.07 bits per heavy atom. The van der Waals surface area contributed by atoms with Crippen LogP contribution in [-0.2, 0) is 0 Å². The van der Waals surface area contributed by atoms with E-state index >= 15 is 0 Å².